The lowest BCUT2D eigenvalue weighted by atomic mass is 10.1. The van der Waals surface area contributed by atoms with Crippen LogP contribution in [0, 0.1) is 10.1 Å². The van der Waals surface area contributed by atoms with Crippen LogP contribution in [-0.4, -0.2) is 34.3 Å². The first-order valence-electron chi connectivity index (χ1n) is 6.58. The maximum atomic E-state index is 12.4. The van der Waals surface area contributed by atoms with Gasteiger partial charge in [0, 0.05) is 43.0 Å². The number of pyridine rings is 1. The van der Waals surface area contributed by atoms with Crippen LogP contribution in [0.2, 0.25) is 5.02 Å². The summed E-state index contributed by atoms with van der Waals surface area (Å²) in [4.78, 5) is 28.4. The van der Waals surface area contributed by atoms with Crippen LogP contribution in [0.5, 0.6) is 0 Å². The van der Waals surface area contributed by atoms with E-state index in [9.17, 15) is 14.9 Å². The Balaban J connectivity index is 2.13. The van der Waals surface area contributed by atoms with Crippen LogP contribution >= 0.6 is 11.6 Å². The number of nitro benzene ring substituents is 1. The zero-order valence-electron chi connectivity index (χ0n) is 11.9. The molecule has 1 amide bonds. The largest absolute Gasteiger partial charge is 0.341 e. The van der Waals surface area contributed by atoms with E-state index in [0.29, 0.717) is 13.0 Å². The Morgan fingerprint density at radius 3 is 2.77 bits per heavy atom. The highest BCUT2D eigenvalue weighted by Crippen LogP contribution is 2.23. The van der Waals surface area contributed by atoms with Crippen molar-refractivity contribution in [2.45, 2.75) is 6.42 Å². The minimum atomic E-state index is -0.587. The number of benzene rings is 1. The molecule has 0 aliphatic carbocycles. The number of halogens is 1. The van der Waals surface area contributed by atoms with Crippen molar-refractivity contribution in [1.29, 1.82) is 0 Å². The van der Waals surface area contributed by atoms with Crippen molar-refractivity contribution < 1.29 is 9.72 Å². The van der Waals surface area contributed by atoms with E-state index in [-0.39, 0.29) is 16.3 Å². The number of aromatic nitrogens is 1. The van der Waals surface area contributed by atoms with Gasteiger partial charge in [0.1, 0.15) is 5.56 Å². The maximum Gasteiger partial charge on any atom is 0.282 e. The first-order valence-corrected chi connectivity index (χ1v) is 6.96. The fourth-order valence-corrected chi connectivity index (χ4v) is 2.15. The predicted molar refractivity (Wildman–Crippen MR) is 83.0 cm³/mol. The third kappa shape index (κ3) is 3.79. The summed E-state index contributed by atoms with van der Waals surface area (Å²) >= 11 is 5.84. The number of rotatable bonds is 5. The molecular formula is C15H14ClN3O3. The van der Waals surface area contributed by atoms with Crippen molar-refractivity contribution >= 4 is 23.2 Å². The second kappa shape index (κ2) is 7.00. The Morgan fingerprint density at radius 2 is 2.14 bits per heavy atom. The van der Waals surface area contributed by atoms with Crippen molar-refractivity contribution in [3.05, 3.63) is 69.0 Å². The molecule has 0 unspecified atom stereocenters. The number of nitro groups is 1. The zero-order chi connectivity index (χ0) is 16.1. The van der Waals surface area contributed by atoms with Gasteiger partial charge in [-0.05, 0) is 24.3 Å². The summed E-state index contributed by atoms with van der Waals surface area (Å²) in [5.74, 6) is -0.440. The average Bonchev–Trinajstić information content (AvgIpc) is 2.52. The van der Waals surface area contributed by atoms with Gasteiger partial charge in [-0.3, -0.25) is 19.9 Å². The summed E-state index contributed by atoms with van der Waals surface area (Å²) in [7, 11) is 1.59. The minimum Gasteiger partial charge on any atom is -0.341 e. The molecule has 0 saturated carbocycles. The topological polar surface area (TPSA) is 76.3 Å². The molecule has 0 N–H and O–H groups in total. The Kier molecular flexibility index (Phi) is 5.06. The molecular weight excluding hydrogens is 306 g/mol. The van der Waals surface area contributed by atoms with E-state index in [0.717, 1.165) is 5.69 Å². The average molecular weight is 320 g/mol. The fourth-order valence-electron chi connectivity index (χ4n) is 1.97. The van der Waals surface area contributed by atoms with E-state index in [4.69, 9.17) is 11.6 Å². The third-order valence-electron chi connectivity index (χ3n) is 3.16. The van der Waals surface area contributed by atoms with Crippen LogP contribution < -0.4 is 0 Å². The highest BCUT2D eigenvalue weighted by Gasteiger charge is 2.23. The van der Waals surface area contributed by atoms with Crippen molar-refractivity contribution in [3.8, 4) is 0 Å². The molecule has 0 spiro atoms. The predicted octanol–water partition coefficient (Wildman–Crippen LogP) is 2.96. The lowest BCUT2D eigenvalue weighted by Gasteiger charge is -2.17. The minimum absolute atomic E-state index is 0.0129. The van der Waals surface area contributed by atoms with Crippen molar-refractivity contribution in [3.63, 3.8) is 0 Å². The molecule has 1 heterocycles. The van der Waals surface area contributed by atoms with Gasteiger partial charge in [-0.25, -0.2) is 0 Å². The summed E-state index contributed by atoms with van der Waals surface area (Å²) in [5.41, 5.74) is 0.586. The van der Waals surface area contributed by atoms with Gasteiger partial charge in [0.15, 0.2) is 0 Å². The van der Waals surface area contributed by atoms with E-state index < -0.39 is 10.8 Å². The molecule has 1 aromatic heterocycles. The normalized spacial score (nSPS) is 10.3. The maximum absolute atomic E-state index is 12.4. The molecule has 0 aliphatic heterocycles. The van der Waals surface area contributed by atoms with Gasteiger partial charge >= 0.3 is 0 Å². The van der Waals surface area contributed by atoms with Crippen LogP contribution in [0.15, 0.2) is 42.6 Å². The molecule has 0 fully saturated rings. The van der Waals surface area contributed by atoms with Gasteiger partial charge in [0.25, 0.3) is 11.6 Å². The van der Waals surface area contributed by atoms with E-state index in [1.54, 1.807) is 13.2 Å². The SMILES string of the molecule is CN(CCc1ccccn1)C(=O)c1cc(Cl)ccc1[N+](=O)[O-]. The molecule has 2 rings (SSSR count). The number of likely N-dealkylation sites (N-methyl/N-ethyl adjacent to an activating group) is 1. The molecule has 6 nitrogen and oxygen atoms in total. The molecule has 0 atom stereocenters. The lowest BCUT2D eigenvalue weighted by molar-refractivity contribution is -0.385. The van der Waals surface area contributed by atoms with Gasteiger partial charge in [-0.1, -0.05) is 17.7 Å². The van der Waals surface area contributed by atoms with Crippen LogP contribution in [0.3, 0.4) is 0 Å². The Bertz CT molecular complexity index is 692. The van der Waals surface area contributed by atoms with E-state index in [1.807, 2.05) is 18.2 Å². The van der Waals surface area contributed by atoms with E-state index in [2.05, 4.69) is 4.98 Å². The monoisotopic (exact) mass is 319 g/mol. The first kappa shape index (κ1) is 15.9. The van der Waals surface area contributed by atoms with Gasteiger partial charge in [0.2, 0.25) is 0 Å². The number of hydrogen-bond acceptors (Lipinski definition) is 4. The first-order chi connectivity index (χ1) is 10.5. The number of nitrogens with zero attached hydrogens (tertiary/aromatic N) is 3. The van der Waals surface area contributed by atoms with Crippen molar-refractivity contribution in [2.75, 3.05) is 13.6 Å². The summed E-state index contributed by atoms with van der Waals surface area (Å²) in [6.07, 6.45) is 2.25. The van der Waals surface area contributed by atoms with Crippen molar-refractivity contribution in [1.82, 2.24) is 9.88 Å². The molecule has 0 bridgehead atoms. The summed E-state index contributed by atoms with van der Waals surface area (Å²) in [5, 5.41) is 11.3. The number of carbonyl (C=O) groups excluding carboxylic acids is 1. The smallest absolute Gasteiger partial charge is 0.282 e. The number of amides is 1. The van der Waals surface area contributed by atoms with Crippen LogP contribution in [-0.2, 0) is 6.42 Å². The molecule has 0 saturated heterocycles. The summed E-state index contributed by atoms with van der Waals surface area (Å²) in [6, 6.07) is 9.49. The van der Waals surface area contributed by atoms with Gasteiger partial charge in [-0.2, -0.15) is 0 Å². The van der Waals surface area contributed by atoms with E-state index in [1.165, 1.54) is 23.1 Å². The van der Waals surface area contributed by atoms with Crippen LogP contribution in [0.25, 0.3) is 0 Å². The highest BCUT2D eigenvalue weighted by molar-refractivity contribution is 6.31. The van der Waals surface area contributed by atoms with E-state index >= 15 is 0 Å². The molecule has 1 aromatic carbocycles. The second-order valence-corrected chi connectivity index (χ2v) is 5.15. The molecule has 2 aromatic rings. The molecule has 7 heteroatoms. The van der Waals surface area contributed by atoms with Gasteiger partial charge in [0.05, 0.1) is 4.92 Å². The van der Waals surface area contributed by atoms with Crippen LogP contribution in [0.4, 0.5) is 5.69 Å². The second-order valence-electron chi connectivity index (χ2n) is 4.72. The molecule has 0 radical (unpaired) electrons. The molecule has 22 heavy (non-hydrogen) atoms. The Morgan fingerprint density at radius 1 is 1.36 bits per heavy atom. The Hall–Kier alpha value is -2.47. The molecule has 114 valence electrons. The summed E-state index contributed by atoms with van der Waals surface area (Å²) in [6.45, 7) is 0.402. The van der Waals surface area contributed by atoms with Crippen LogP contribution in [0.1, 0.15) is 16.1 Å². The number of hydrogen-bond donors (Lipinski definition) is 0. The van der Waals surface area contributed by atoms with Gasteiger partial charge in [-0.15, -0.1) is 0 Å². The highest BCUT2D eigenvalue weighted by atomic mass is 35.5. The third-order valence-corrected chi connectivity index (χ3v) is 3.40. The Labute approximate surface area is 132 Å². The molecule has 0 aliphatic rings. The standard InChI is InChI=1S/C15H14ClN3O3/c1-18(9-7-12-4-2-3-8-17-12)15(20)13-10-11(16)5-6-14(13)19(21)22/h2-6,8,10H,7,9H2,1H3. The summed E-state index contributed by atoms with van der Waals surface area (Å²) < 4.78 is 0. The lowest BCUT2D eigenvalue weighted by Crippen LogP contribution is -2.29. The quantitative estimate of drug-likeness (QED) is 0.627. The number of carbonyl (C=O) groups is 1. The fraction of sp³-hybridized carbons (Fsp3) is 0.200. The van der Waals surface area contributed by atoms with Gasteiger partial charge < -0.3 is 4.90 Å². The van der Waals surface area contributed by atoms with Crippen molar-refractivity contribution in [2.24, 2.45) is 0 Å². The zero-order valence-corrected chi connectivity index (χ0v) is 12.7.